The summed E-state index contributed by atoms with van der Waals surface area (Å²) in [6.07, 6.45) is 0. The molecule has 0 aromatic heterocycles. The van der Waals surface area contributed by atoms with Crippen LogP contribution in [0.15, 0.2) is 72.8 Å². The van der Waals surface area contributed by atoms with E-state index in [1.807, 2.05) is 54.6 Å². The molecule has 0 spiro atoms. The molecule has 0 saturated carbocycles. The van der Waals surface area contributed by atoms with Crippen molar-refractivity contribution in [3.8, 4) is 11.5 Å². The zero-order valence-electron chi connectivity index (χ0n) is 15.6. The van der Waals surface area contributed by atoms with Crippen LogP contribution in [-0.4, -0.2) is 11.7 Å². The van der Waals surface area contributed by atoms with Gasteiger partial charge in [-0.1, -0.05) is 47.5 Å². The van der Waals surface area contributed by atoms with Gasteiger partial charge >= 0.3 is 0 Å². The Labute approximate surface area is 164 Å². The molecule has 0 fully saturated rings. The third-order valence-electron chi connectivity index (χ3n) is 3.90. The second-order valence-electron chi connectivity index (χ2n) is 6.48. The summed E-state index contributed by atoms with van der Waals surface area (Å²) in [6.45, 7) is 4.19. The van der Waals surface area contributed by atoms with Gasteiger partial charge in [-0.15, -0.1) is 11.8 Å². The molecule has 3 rings (SSSR count). The van der Waals surface area contributed by atoms with E-state index >= 15 is 0 Å². The number of thioether (sulfide) groups is 1. The molecule has 0 saturated heterocycles. The Morgan fingerprint density at radius 2 is 1.52 bits per heavy atom. The first-order valence-electron chi connectivity index (χ1n) is 8.86. The topological polar surface area (TPSA) is 38.3 Å². The van der Waals surface area contributed by atoms with Gasteiger partial charge in [0, 0.05) is 11.4 Å². The van der Waals surface area contributed by atoms with Gasteiger partial charge < -0.3 is 10.1 Å². The lowest BCUT2D eigenvalue weighted by molar-refractivity contribution is -0.113. The smallest absolute Gasteiger partial charge is 0.234 e. The van der Waals surface area contributed by atoms with E-state index in [0.717, 1.165) is 22.9 Å². The minimum absolute atomic E-state index is 0.00102. The van der Waals surface area contributed by atoms with Gasteiger partial charge in [-0.2, -0.15) is 0 Å². The number of para-hydroxylation sites is 1. The van der Waals surface area contributed by atoms with E-state index in [2.05, 4.69) is 37.4 Å². The van der Waals surface area contributed by atoms with Crippen molar-refractivity contribution in [2.24, 2.45) is 0 Å². The van der Waals surface area contributed by atoms with Crippen molar-refractivity contribution in [3.05, 3.63) is 89.5 Å². The van der Waals surface area contributed by atoms with E-state index in [1.54, 1.807) is 11.8 Å². The Morgan fingerprint density at radius 3 is 2.19 bits per heavy atom. The van der Waals surface area contributed by atoms with Crippen LogP contribution >= 0.6 is 11.8 Å². The first kappa shape index (κ1) is 19.1. The van der Waals surface area contributed by atoms with E-state index in [4.69, 9.17) is 4.74 Å². The quantitative estimate of drug-likeness (QED) is 0.551. The molecule has 1 N–H and O–H groups in total. The van der Waals surface area contributed by atoms with Gasteiger partial charge in [0.25, 0.3) is 0 Å². The Morgan fingerprint density at radius 1 is 0.889 bits per heavy atom. The zero-order valence-corrected chi connectivity index (χ0v) is 16.4. The van der Waals surface area contributed by atoms with Crippen LogP contribution in [0.5, 0.6) is 11.5 Å². The van der Waals surface area contributed by atoms with Crippen molar-refractivity contribution in [2.75, 3.05) is 11.1 Å². The SMILES string of the molecule is Cc1cc(C)cc(CSCC(=O)Nc2ccc(Oc3ccccc3)cc2)c1. The number of ether oxygens (including phenoxy) is 1. The number of benzene rings is 3. The van der Waals surface area contributed by atoms with Crippen molar-refractivity contribution < 1.29 is 9.53 Å². The van der Waals surface area contributed by atoms with Gasteiger partial charge in [0.05, 0.1) is 5.75 Å². The summed E-state index contributed by atoms with van der Waals surface area (Å²) in [5.74, 6) is 2.79. The summed E-state index contributed by atoms with van der Waals surface area (Å²) in [6, 6.07) is 23.5. The zero-order chi connectivity index (χ0) is 19.1. The number of rotatable bonds is 7. The summed E-state index contributed by atoms with van der Waals surface area (Å²) in [4.78, 5) is 12.1. The third-order valence-corrected chi connectivity index (χ3v) is 4.90. The standard InChI is InChI=1S/C23H23NO2S/c1-17-12-18(2)14-19(13-17)15-27-16-23(25)24-20-8-10-22(11-9-20)26-21-6-4-3-5-7-21/h3-14H,15-16H2,1-2H3,(H,24,25). The number of aryl methyl sites for hydroxylation is 2. The maximum Gasteiger partial charge on any atom is 0.234 e. The van der Waals surface area contributed by atoms with Crippen molar-refractivity contribution in [2.45, 2.75) is 19.6 Å². The van der Waals surface area contributed by atoms with Crippen molar-refractivity contribution in [3.63, 3.8) is 0 Å². The molecule has 0 radical (unpaired) electrons. The molecular weight excluding hydrogens is 354 g/mol. The molecule has 0 bridgehead atoms. The number of carbonyl (C=O) groups is 1. The fourth-order valence-electron chi connectivity index (χ4n) is 2.84. The second kappa shape index (κ2) is 9.28. The molecule has 0 aliphatic rings. The number of hydrogen-bond acceptors (Lipinski definition) is 3. The fraction of sp³-hybridized carbons (Fsp3) is 0.174. The highest BCUT2D eigenvalue weighted by atomic mass is 32.2. The molecule has 0 aliphatic carbocycles. The van der Waals surface area contributed by atoms with Crippen molar-refractivity contribution >= 4 is 23.4 Å². The Bertz CT molecular complexity index is 872. The van der Waals surface area contributed by atoms with E-state index < -0.39 is 0 Å². The largest absolute Gasteiger partial charge is 0.457 e. The van der Waals surface area contributed by atoms with E-state index in [-0.39, 0.29) is 5.91 Å². The van der Waals surface area contributed by atoms with Crippen LogP contribution < -0.4 is 10.1 Å². The summed E-state index contributed by atoms with van der Waals surface area (Å²) >= 11 is 1.62. The predicted octanol–water partition coefficient (Wildman–Crippen LogP) is 5.97. The van der Waals surface area contributed by atoms with Crippen LogP contribution in [0.4, 0.5) is 5.69 Å². The van der Waals surface area contributed by atoms with Crippen LogP contribution in [0.25, 0.3) is 0 Å². The van der Waals surface area contributed by atoms with Crippen molar-refractivity contribution in [1.82, 2.24) is 0 Å². The molecular formula is C23H23NO2S. The van der Waals surface area contributed by atoms with E-state index in [1.165, 1.54) is 16.7 Å². The molecule has 1 amide bonds. The lowest BCUT2D eigenvalue weighted by Crippen LogP contribution is -2.14. The van der Waals surface area contributed by atoms with Gasteiger partial charge in [-0.3, -0.25) is 4.79 Å². The average molecular weight is 378 g/mol. The first-order chi connectivity index (χ1) is 13.1. The average Bonchev–Trinajstić information content (AvgIpc) is 2.63. The van der Waals surface area contributed by atoms with Crippen LogP contribution in [-0.2, 0) is 10.5 Å². The molecule has 138 valence electrons. The highest BCUT2D eigenvalue weighted by molar-refractivity contribution is 7.99. The lowest BCUT2D eigenvalue weighted by Gasteiger charge is -2.08. The molecule has 3 aromatic carbocycles. The van der Waals surface area contributed by atoms with Gasteiger partial charge in [0.2, 0.25) is 5.91 Å². The molecule has 27 heavy (non-hydrogen) atoms. The van der Waals surface area contributed by atoms with Gasteiger partial charge in [-0.05, 0) is 55.8 Å². The molecule has 4 heteroatoms. The highest BCUT2D eigenvalue weighted by Crippen LogP contribution is 2.23. The molecule has 0 heterocycles. The second-order valence-corrected chi connectivity index (χ2v) is 7.46. The molecule has 3 nitrogen and oxygen atoms in total. The van der Waals surface area contributed by atoms with E-state index in [0.29, 0.717) is 5.75 Å². The molecule has 0 aliphatic heterocycles. The molecule has 3 aromatic rings. The highest BCUT2D eigenvalue weighted by Gasteiger charge is 2.05. The summed E-state index contributed by atoms with van der Waals surface area (Å²) in [5, 5.41) is 2.93. The number of hydrogen-bond donors (Lipinski definition) is 1. The van der Waals surface area contributed by atoms with Crippen LogP contribution in [0.1, 0.15) is 16.7 Å². The number of amides is 1. The van der Waals surface area contributed by atoms with Crippen molar-refractivity contribution in [1.29, 1.82) is 0 Å². The summed E-state index contributed by atoms with van der Waals surface area (Å²) in [7, 11) is 0. The number of nitrogens with one attached hydrogen (secondary N) is 1. The van der Waals surface area contributed by atoms with Gasteiger partial charge in [0.15, 0.2) is 0 Å². The Balaban J connectivity index is 1.46. The molecule has 0 unspecified atom stereocenters. The van der Waals surface area contributed by atoms with Crippen LogP contribution in [0.2, 0.25) is 0 Å². The Kier molecular flexibility index (Phi) is 6.55. The Hall–Kier alpha value is -2.72. The fourth-order valence-corrected chi connectivity index (χ4v) is 3.60. The summed E-state index contributed by atoms with van der Waals surface area (Å²) in [5.41, 5.74) is 4.54. The maximum atomic E-state index is 12.1. The first-order valence-corrected chi connectivity index (χ1v) is 10.0. The lowest BCUT2D eigenvalue weighted by atomic mass is 10.1. The van der Waals surface area contributed by atoms with Gasteiger partial charge in [0.1, 0.15) is 11.5 Å². The normalized spacial score (nSPS) is 10.4. The predicted molar refractivity (Wildman–Crippen MR) is 114 cm³/mol. The summed E-state index contributed by atoms with van der Waals surface area (Å²) < 4.78 is 5.75. The molecule has 0 atom stereocenters. The van der Waals surface area contributed by atoms with Crippen LogP contribution in [0.3, 0.4) is 0 Å². The maximum absolute atomic E-state index is 12.1. The minimum Gasteiger partial charge on any atom is -0.457 e. The number of carbonyl (C=O) groups excluding carboxylic acids is 1. The van der Waals surface area contributed by atoms with E-state index in [9.17, 15) is 4.79 Å². The van der Waals surface area contributed by atoms with Crippen LogP contribution in [0, 0.1) is 13.8 Å². The monoisotopic (exact) mass is 377 g/mol. The minimum atomic E-state index is 0.00102. The third kappa shape index (κ3) is 6.19. The van der Waals surface area contributed by atoms with Gasteiger partial charge in [-0.25, -0.2) is 0 Å². The number of anilines is 1.